The fourth-order valence-electron chi connectivity index (χ4n) is 4.67. The Balaban J connectivity index is 1.61. The van der Waals surface area contributed by atoms with Crippen LogP contribution in [-0.4, -0.2) is 28.5 Å². The Morgan fingerprint density at radius 2 is 1.78 bits per heavy atom. The van der Waals surface area contributed by atoms with Crippen LogP contribution in [0.1, 0.15) is 41.5 Å². The maximum absolute atomic E-state index is 14.5. The van der Waals surface area contributed by atoms with Crippen molar-refractivity contribution in [1.29, 1.82) is 0 Å². The van der Waals surface area contributed by atoms with E-state index in [1.807, 2.05) is 36.4 Å². The lowest BCUT2D eigenvalue weighted by Crippen LogP contribution is -2.22. The summed E-state index contributed by atoms with van der Waals surface area (Å²) < 4.78 is 14.5. The molecule has 2 N–H and O–H groups in total. The van der Waals surface area contributed by atoms with Gasteiger partial charge in [0.15, 0.2) is 0 Å². The molecule has 1 fully saturated rings. The molecule has 0 spiro atoms. The normalized spacial score (nSPS) is 14.6. The molecule has 0 atom stereocenters. The molecule has 36 heavy (non-hydrogen) atoms. The first-order valence-corrected chi connectivity index (χ1v) is 12.7. The van der Waals surface area contributed by atoms with E-state index in [1.54, 1.807) is 6.08 Å². The number of halogens is 2. The number of allylic oxidation sites excluding steroid dienone is 1. The molecule has 6 heteroatoms. The number of rotatable bonds is 8. The SMILES string of the molecule is O=C(C=Cc1ccc(C(=C(c2ccccc2)C2CCC2)c2ccc3n[nH]c(F)c3c2)cc1)NCCCl. The number of hydrogen-bond acceptors (Lipinski definition) is 2. The van der Waals surface area contributed by atoms with E-state index in [9.17, 15) is 9.18 Å². The number of carbonyl (C=O) groups excluding carboxylic acids is 1. The minimum atomic E-state index is -0.427. The zero-order valence-corrected chi connectivity index (χ0v) is 20.6. The number of aromatic nitrogens is 2. The topological polar surface area (TPSA) is 57.8 Å². The summed E-state index contributed by atoms with van der Waals surface area (Å²) in [7, 11) is 0. The third-order valence-corrected chi connectivity index (χ3v) is 6.87. The Kier molecular flexibility index (Phi) is 7.28. The molecule has 1 amide bonds. The van der Waals surface area contributed by atoms with Crippen LogP contribution in [0.5, 0.6) is 0 Å². The smallest absolute Gasteiger partial charge is 0.244 e. The number of aromatic amines is 1. The third-order valence-electron chi connectivity index (χ3n) is 6.68. The minimum Gasteiger partial charge on any atom is -0.351 e. The summed E-state index contributed by atoms with van der Waals surface area (Å²) in [6, 6.07) is 24.4. The standard InChI is InChI=1S/C30H27ClFN3O/c31-17-18-33-27(36)16-11-20-9-12-23(13-10-20)29(24-14-15-26-25(19-24)30(32)35-34-26)28(22-7-4-8-22)21-5-2-1-3-6-21/h1-3,5-6,9-16,19,22H,4,7-8,17-18H2,(H,33,36)(H,34,35). The second kappa shape index (κ2) is 10.9. The lowest BCUT2D eigenvalue weighted by molar-refractivity contribution is -0.116. The maximum Gasteiger partial charge on any atom is 0.244 e. The Morgan fingerprint density at radius 1 is 1.03 bits per heavy atom. The van der Waals surface area contributed by atoms with E-state index in [-0.39, 0.29) is 5.91 Å². The summed E-state index contributed by atoms with van der Waals surface area (Å²) in [6.07, 6.45) is 6.77. The largest absolute Gasteiger partial charge is 0.351 e. The van der Waals surface area contributed by atoms with Gasteiger partial charge < -0.3 is 5.32 Å². The number of H-pyrrole nitrogens is 1. The summed E-state index contributed by atoms with van der Waals surface area (Å²) in [5, 5.41) is 9.72. The monoisotopic (exact) mass is 499 g/mol. The number of nitrogens with one attached hydrogen (secondary N) is 2. The summed E-state index contributed by atoms with van der Waals surface area (Å²) in [4.78, 5) is 11.9. The number of hydrogen-bond donors (Lipinski definition) is 2. The van der Waals surface area contributed by atoms with E-state index in [0.717, 1.165) is 35.1 Å². The second-order valence-electron chi connectivity index (χ2n) is 8.99. The number of alkyl halides is 1. The lowest BCUT2D eigenvalue weighted by atomic mass is 9.73. The van der Waals surface area contributed by atoms with Gasteiger partial charge in [0.05, 0.1) is 10.9 Å². The van der Waals surface area contributed by atoms with Crippen molar-refractivity contribution in [2.24, 2.45) is 5.92 Å². The minimum absolute atomic E-state index is 0.174. The molecular weight excluding hydrogens is 473 g/mol. The van der Waals surface area contributed by atoms with Crippen molar-refractivity contribution >= 4 is 45.6 Å². The van der Waals surface area contributed by atoms with Crippen molar-refractivity contribution in [3.63, 3.8) is 0 Å². The van der Waals surface area contributed by atoms with Crippen LogP contribution in [0.3, 0.4) is 0 Å². The van der Waals surface area contributed by atoms with Gasteiger partial charge in [-0.25, -0.2) is 0 Å². The molecule has 0 radical (unpaired) electrons. The number of fused-ring (bicyclic) bond motifs is 1. The average Bonchev–Trinajstić information content (AvgIpc) is 3.26. The van der Waals surface area contributed by atoms with Gasteiger partial charge >= 0.3 is 0 Å². The van der Waals surface area contributed by atoms with Crippen LogP contribution >= 0.6 is 11.6 Å². The second-order valence-corrected chi connectivity index (χ2v) is 9.37. The van der Waals surface area contributed by atoms with E-state index in [4.69, 9.17) is 11.6 Å². The average molecular weight is 500 g/mol. The van der Waals surface area contributed by atoms with Crippen molar-refractivity contribution in [3.8, 4) is 0 Å². The Bertz CT molecular complexity index is 1420. The summed E-state index contributed by atoms with van der Waals surface area (Å²) in [5.41, 5.74) is 7.10. The molecule has 182 valence electrons. The van der Waals surface area contributed by atoms with Gasteiger partial charge in [0.25, 0.3) is 0 Å². The van der Waals surface area contributed by atoms with E-state index in [1.165, 1.54) is 23.6 Å². The molecule has 1 aliphatic rings. The predicted octanol–water partition coefficient (Wildman–Crippen LogP) is 6.83. The molecule has 0 aliphatic heterocycles. The van der Waals surface area contributed by atoms with Crippen molar-refractivity contribution in [2.45, 2.75) is 19.3 Å². The molecule has 4 aromatic rings. The highest BCUT2D eigenvalue weighted by molar-refractivity contribution is 6.18. The van der Waals surface area contributed by atoms with Gasteiger partial charge in [0.2, 0.25) is 11.9 Å². The highest BCUT2D eigenvalue weighted by atomic mass is 35.5. The Morgan fingerprint density at radius 3 is 2.47 bits per heavy atom. The molecule has 0 unspecified atom stereocenters. The molecule has 5 rings (SSSR count). The van der Waals surface area contributed by atoms with Crippen LogP contribution in [-0.2, 0) is 4.79 Å². The Hall–Kier alpha value is -3.70. The van der Waals surface area contributed by atoms with Gasteiger partial charge in [0.1, 0.15) is 0 Å². The van der Waals surface area contributed by atoms with E-state index in [0.29, 0.717) is 29.2 Å². The maximum atomic E-state index is 14.5. The summed E-state index contributed by atoms with van der Waals surface area (Å²) in [6.45, 7) is 0.433. The number of nitrogens with zero attached hydrogens (tertiary/aromatic N) is 1. The predicted molar refractivity (Wildman–Crippen MR) is 145 cm³/mol. The van der Waals surface area contributed by atoms with Crippen LogP contribution in [0.2, 0.25) is 0 Å². The molecule has 3 aromatic carbocycles. The van der Waals surface area contributed by atoms with Crippen molar-refractivity contribution in [2.75, 3.05) is 12.4 Å². The van der Waals surface area contributed by atoms with E-state index < -0.39 is 5.95 Å². The van der Waals surface area contributed by atoms with Gasteiger partial charge in [-0.2, -0.15) is 9.49 Å². The highest BCUT2D eigenvalue weighted by Gasteiger charge is 2.27. The van der Waals surface area contributed by atoms with Crippen LogP contribution < -0.4 is 5.32 Å². The van der Waals surface area contributed by atoms with Crippen LogP contribution in [0.25, 0.3) is 28.1 Å². The molecule has 1 heterocycles. The molecule has 1 aliphatic carbocycles. The third kappa shape index (κ3) is 5.12. The van der Waals surface area contributed by atoms with Crippen molar-refractivity contribution in [3.05, 3.63) is 107 Å². The zero-order chi connectivity index (χ0) is 24.9. The van der Waals surface area contributed by atoms with Gasteiger partial charge in [-0.05, 0) is 70.4 Å². The van der Waals surface area contributed by atoms with Crippen LogP contribution in [0.15, 0.2) is 78.9 Å². The first-order chi connectivity index (χ1) is 17.6. The Labute approximate surface area is 214 Å². The van der Waals surface area contributed by atoms with E-state index >= 15 is 0 Å². The molecule has 4 nitrogen and oxygen atoms in total. The molecule has 1 saturated carbocycles. The van der Waals surface area contributed by atoms with Crippen LogP contribution in [0, 0.1) is 11.9 Å². The van der Waals surface area contributed by atoms with Gasteiger partial charge in [-0.3, -0.25) is 9.89 Å². The first-order valence-electron chi connectivity index (χ1n) is 12.2. The summed E-state index contributed by atoms with van der Waals surface area (Å²) in [5.74, 6) is 0.219. The quantitative estimate of drug-likeness (QED) is 0.158. The van der Waals surface area contributed by atoms with E-state index in [2.05, 4.69) is 51.9 Å². The fourth-order valence-corrected chi connectivity index (χ4v) is 4.77. The number of carbonyl (C=O) groups is 1. The summed E-state index contributed by atoms with van der Waals surface area (Å²) >= 11 is 5.63. The number of amides is 1. The lowest BCUT2D eigenvalue weighted by Gasteiger charge is -2.31. The van der Waals surface area contributed by atoms with Crippen molar-refractivity contribution < 1.29 is 9.18 Å². The fraction of sp³-hybridized carbons (Fsp3) is 0.200. The molecule has 0 saturated heterocycles. The van der Waals surface area contributed by atoms with Crippen LogP contribution in [0.4, 0.5) is 4.39 Å². The number of benzene rings is 3. The van der Waals surface area contributed by atoms with Gasteiger partial charge in [0, 0.05) is 18.5 Å². The molecular formula is C30H27ClFN3O. The van der Waals surface area contributed by atoms with Crippen molar-refractivity contribution in [1.82, 2.24) is 15.5 Å². The molecule has 1 aromatic heterocycles. The highest BCUT2D eigenvalue weighted by Crippen LogP contribution is 2.45. The van der Waals surface area contributed by atoms with Gasteiger partial charge in [-0.15, -0.1) is 11.6 Å². The first kappa shape index (κ1) is 24.0. The molecule has 0 bridgehead atoms. The zero-order valence-electron chi connectivity index (χ0n) is 19.8. The van der Waals surface area contributed by atoms with Gasteiger partial charge in [-0.1, -0.05) is 67.1 Å².